The number of hydrogen-bond donors (Lipinski definition) is 1. The molecular weight excluding hydrogens is 194 g/mol. The third-order valence-electron chi connectivity index (χ3n) is 1.37. The Hall–Kier alpha value is -0.290. The highest BCUT2D eigenvalue weighted by Crippen LogP contribution is 2.01. The molecule has 0 aromatic heterocycles. The van der Waals surface area contributed by atoms with Gasteiger partial charge in [0, 0.05) is 0 Å². The van der Waals surface area contributed by atoms with Crippen molar-refractivity contribution in [2.75, 3.05) is 19.1 Å². The van der Waals surface area contributed by atoms with Crippen molar-refractivity contribution in [3.05, 3.63) is 0 Å². The first-order chi connectivity index (χ1) is 5.76. The highest BCUT2D eigenvalue weighted by atomic mass is 32.2. The molecule has 0 unspecified atom stereocenters. The molecule has 12 heavy (non-hydrogen) atoms. The van der Waals surface area contributed by atoms with Gasteiger partial charge in [-0.3, -0.25) is 0 Å². The largest absolute Gasteiger partial charge is 0.467 e. The summed E-state index contributed by atoms with van der Waals surface area (Å²) in [4.78, 5) is 11.0. The van der Waals surface area contributed by atoms with Crippen LogP contribution in [0.3, 0.4) is 0 Å². The van der Waals surface area contributed by atoms with E-state index in [4.69, 9.17) is 0 Å². The van der Waals surface area contributed by atoms with Gasteiger partial charge in [-0.05, 0) is 18.4 Å². The van der Waals surface area contributed by atoms with E-state index in [1.165, 1.54) is 12.6 Å². The van der Waals surface area contributed by atoms with Crippen LogP contribution in [0.1, 0.15) is 6.42 Å². The van der Waals surface area contributed by atoms with Crippen LogP contribution in [0.2, 0.25) is 0 Å². The van der Waals surface area contributed by atoms with Gasteiger partial charge in [-0.1, -0.05) is 12.2 Å². The predicted molar refractivity (Wildman–Crippen MR) is 55.6 cm³/mol. The van der Waals surface area contributed by atoms with E-state index in [2.05, 4.69) is 22.3 Å². The molecule has 0 aromatic rings. The highest BCUT2D eigenvalue weighted by molar-refractivity contribution is 7.98. The molecule has 0 radical (unpaired) electrons. The molecule has 0 aliphatic carbocycles. The number of rotatable bonds is 6. The molecule has 1 N–H and O–H groups in total. The van der Waals surface area contributed by atoms with Gasteiger partial charge in [0.1, 0.15) is 6.04 Å². The number of hydrogen-bond acceptors (Lipinski definition) is 4. The number of methoxy groups -OCH3 is 1. The Morgan fingerprint density at radius 1 is 1.83 bits per heavy atom. The quantitative estimate of drug-likeness (QED) is 0.516. The Labute approximate surface area is 82.2 Å². The maximum absolute atomic E-state index is 11.0. The fraction of sp³-hybridized carbons (Fsp3) is 0.714. The molecule has 0 fully saturated rings. The zero-order valence-corrected chi connectivity index (χ0v) is 8.83. The third-order valence-corrected chi connectivity index (χ3v) is 2.15. The summed E-state index contributed by atoms with van der Waals surface area (Å²) in [5, 5.41) is 2.77. The molecule has 70 valence electrons. The molecule has 1 atom stereocenters. The van der Waals surface area contributed by atoms with Crippen LogP contribution in [-0.2, 0) is 9.53 Å². The Kier molecular flexibility index (Phi) is 7.19. The van der Waals surface area contributed by atoms with Crippen molar-refractivity contribution in [1.82, 2.24) is 5.32 Å². The summed E-state index contributed by atoms with van der Waals surface area (Å²) in [6.07, 6.45) is 2.73. The number of nitrogens with one attached hydrogen (secondary N) is 1. The fourth-order valence-corrected chi connectivity index (χ4v) is 1.36. The van der Waals surface area contributed by atoms with Crippen LogP contribution in [0.5, 0.6) is 0 Å². The van der Waals surface area contributed by atoms with Crippen molar-refractivity contribution in [2.24, 2.45) is 0 Å². The first-order valence-corrected chi connectivity index (χ1v) is 5.39. The Bertz CT molecular complexity index is 152. The molecule has 0 saturated heterocycles. The van der Waals surface area contributed by atoms with E-state index in [9.17, 15) is 4.79 Å². The van der Waals surface area contributed by atoms with E-state index in [1.807, 2.05) is 6.26 Å². The lowest BCUT2D eigenvalue weighted by molar-refractivity contribution is -0.142. The van der Waals surface area contributed by atoms with E-state index in [-0.39, 0.29) is 12.0 Å². The van der Waals surface area contributed by atoms with Gasteiger partial charge >= 0.3 is 5.97 Å². The van der Waals surface area contributed by atoms with E-state index in [0.717, 1.165) is 12.2 Å². The SMILES string of the molecule is COC(=O)[C@H](CCSC)NC=S. The molecule has 0 aliphatic rings. The van der Waals surface area contributed by atoms with Gasteiger partial charge in [-0.25, -0.2) is 4.79 Å². The predicted octanol–water partition coefficient (Wildman–Crippen LogP) is 0.828. The summed E-state index contributed by atoms with van der Waals surface area (Å²) < 4.78 is 4.58. The first kappa shape index (κ1) is 11.7. The lowest BCUT2D eigenvalue weighted by Crippen LogP contribution is -2.36. The number of carbonyl (C=O) groups is 1. The van der Waals surface area contributed by atoms with Crippen LogP contribution in [0.15, 0.2) is 0 Å². The molecule has 0 heterocycles. The van der Waals surface area contributed by atoms with Crippen LogP contribution in [-0.4, -0.2) is 36.6 Å². The van der Waals surface area contributed by atoms with Gasteiger partial charge in [-0.15, -0.1) is 0 Å². The Balaban J connectivity index is 3.84. The summed E-state index contributed by atoms with van der Waals surface area (Å²) in [6.45, 7) is 0. The molecule has 0 spiro atoms. The smallest absolute Gasteiger partial charge is 0.328 e. The van der Waals surface area contributed by atoms with Crippen LogP contribution < -0.4 is 5.32 Å². The summed E-state index contributed by atoms with van der Waals surface area (Å²) in [7, 11) is 1.37. The van der Waals surface area contributed by atoms with Crippen molar-refractivity contribution < 1.29 is 9.53 Å². The van der Waals surface area contributed by atoms with Crippen LogP contribution in [0.4, 0.5) is 0 Å². The van der Waals surface area contributed by atoms with Gasteiger partial charge in [0.15, 0.2) is 0 Å². The molecule has 0 bridgehead atoms. The monoisotopic (exact) mass is 207 g/mol. The zero-order valence-electron chi connectivity index (χ0n) is 7.20. The van der Waals surface area contributed by atoms with Crippen molar-refractivity contribution in [3.8, 4) is 0 Å². The van der Waals surface area contributed by atoms with Crippen molar-refractivity contribution in [1.29, 1.82) is 0 Å². The average molecular weight is 207 g/mol. The minimum atomic E-state index is -0.292. The average Bonchev–Trinajstić information content (AvgIpc) is 2.11. The lowest BCUT2D eigenvalue weighted by atomic mass is 10.2. The normalized spacial score (nSPS) is 11.8. The summed E-state index contributed by atoms with van der Waals surface area (Å²) in [6, 6.07) is -0.292. The highest BCUT2D eigenvalue weighted by Gasteiger charge is 2.16. The molecule has 0 aliphatic heterocycles. The first-order valence-electron chi connectivity index (χ1n) is 3.52. The summed E-state index contributed by atoms with van der Waals surface area (Å²) in [5.74, 6) is 0.654. The topological polar surface area (TPSA) is 38.3 Å². The molecule has 3 nitrogen and oxygen atoms in total. The van der Waals surface area contributed by atoms with E-state index >= 15 is 0 Å². The lowest BCUT2D eigenvalue weighted by Gasteiger charge is -2.12. The molecular formula is C7H13NO2S2. The second-order valence-corrected chi connectivity index (χ2v) is 3.36. The van der Waals surface area contributed by atoms with E-state index < -0.39 is 0 Å². The molecule has 5 heteroatoms. The minimum absolute atomic E-state index is 0.259. The Morgan fingerprint density at radius 2 is 2.50 bits per heavy atom. The van der Waals surface area contributed by atoms with Gasteiger partial charge in [0.25, 0.3) is 0 Å². The van der Waals surface area contributed by atoms with Gasteiger partial charge in [-0.2, -0.15) is 11.8 Å². The summed E-state index contributed by atoms with van der Waals surface area (Å²) in [5.41, 5.74) is 1.35. The van der Waals surface area contributed by atoms with Crippen LogP contribution >= 0.6 is 24.0 Å². The molecule has 0 amide bonds. The van der Waals surface area contributed by atoms with Crippen molar-refractivity contribution >= 4 is 35.4 Å². The van der Waals surface area contributed by atoms with E-state index in [0.29, 0.717) is 0 Å². The number of esters is 1. The molecule has 0 saturated carbocycles. The number of carbonyl (C=O) groups excluding carboxylic acids is 1. The Morgan fingerprint density at radius 3 is 2.92 bits per heavy atom. The number of thioether (sulfide) groups is 1. The fourth-order valence-electron chi connectivity index (χ4n) is 0.729. The second-order valence-electron chi connectivity index (χ2n) is 2.14. The molecule has 0 aromatic carbocycles. The van der Waals surface area contributed by atoms with Crippen LogP contribution in [0, 0.1) is 0 Å². The number of thiocarbonyl (C=S) groups is 1. The second kappa shape index (κ2) is 7.36. The number of ether oxygens (including phenoxy) is 1. The minimum Gasteiger partial charge on any atom is -0.467 e. The van der Waals surface area contributed by atoms with Crippen molar-refractivity contribution in [2.45, 2.75) is 12.5 Å². The standard InChI is InChI=1S/C7H13NO2S2/c1-10-7(9)6(8-5-11)3-4-12-2/h5-6H,3-4H2,1-2H3,(H,8,11)/t6-/m0/s1. The van der Waals surface area contributed by atoms with Gasteiger partial charge in [0.05, 0.1) is 12.6 Å². The van der Waals surface area contributed by atoms with E-state index in [1.54, 1.807) is 11.8 Å². The van der Waals surface area contributed by atoms with Gasteiger partial charge in [0.2, 0.25) is 0 Å². The molecule has 0 rings (SSSR count). The summed E-state index contributed by atoms with van der Waals surface area (Å²) >= 11 is 6.28. The third kappa shape index (κ3) is 4.56. The van der Waals surface area contributed by atoms with Crippen molar-refractivity contribution in [3.63, 3.8) is 0 Å². The zero-order chi connectivity index (χ0) is 9.40. The maximum Gasteiger partial charge on any atom is 0.328 e. The van der Waals surface area contributed by atoms with Crippen LogP contribution in [0.25, 0.3) is 0 Å². The van der Waals surface area contributed by atoms with Gasteiger partial charge < -0.3 is 10.1 Å². The maximum atomic E-state index is 11.0.